The number of aromatic nitrogens is 3. The summed E-state index contributed by atoms with van der Waals surface area (Å²) in [4.78, 5) is 12.6. The molecule has 1 aromatic heterocycles. The summed E-state index contributed by atoms with van der Waals surface area (Å²) >= 11 is 0. The van der Waals surface area contributed by atoms with Crippen molar-refractivity contribution in [3.63, 3.8) is 0 Å². The minimum absolute atomic E-state index is 0.366. The number of nitrogens with one attached hydrogen (secondary N) is 2. The molecular formula is C12H21N5O. The van der Waals surface area contributed by atoms with Gasteiger partial charge in [0.25, 0.3) is 0 Å². The van der Waals surface area contributed by atoms with Gasteiger partial charge in [-0.1, -0.05) is 12.8 Å². The van der Waals surface area contributed by atoms with Crippen molar-refractivity contribution in [2.24, 2.45) is 5.92 Å². The second-order valence-corrected chi connectivity index (χ2v) is 4.48. The highest BCUT2D eigenvalue weighted by atomic mass is 16.5. The van der Waals surface area contributed by atoms with Crippen LogP contribution in [0.5, 0.6) is 6.01 Å². The standard InChI is InChI=1S/C12H21N5O/c1-3-18-12-16-10(13-2)15-11(17-12)14-8-9-6-4-5-7-9/h9H,3-8H2,1-2H3,(H2,13,14,15,16,17). The van der Waals surface area contributed by atoms with Crippen LogP contribution in [0.15, 0.2) is 0 Å². The fourth-order valence-corrected chi connectivity index (χ4v) is 2.19. The molecule has 1 aliphatic carbocycles. The number of rotatable bonds is 6. The Morgan fingerprint density at radius 1 is 1.17 bits per heavy atom. The average Bonchev–Trinajstić information content (AvgIpc) is 2.89. The van der Waals surface area contributed by atoms with Gasteiger partial charge in [0.05, 0.1) is 6.61 Å². The maximum Gasteiger partial charge on any atom is 0.323 e. The summed E-state index contributed by atoms with van der Waals surface area (Å²) in [6.45, 7) is 3.39. The van der Waals surface area contributed by atoms with E-state index in [9.17, 15) is 0 Å². The molecule has 0 saturated heterocycles. The van der Waals surface area contributed by atoms with Crippen molar-refractivity contribution in [3.05, 3.63) is 0 Å². The van der Waals surface area contributed by atoms with Gasteiger partial charge >= 0.3 is 6.01 Å². The van der Waals surface area contributed by atoms with E-state index in [1.807, 2.05) is 6.92 Å². The van der Waals surface area contributed by atoms with Crippen LogP contribution in [-0.2, 0) is 0 Å². The molecule has 0 radical (unpaired) electrons. The first-order chi connectivity index (χ1) is 8.81. The van der Waals surface area contributed by atoms with Crippen molar-refractivity contribution in [2.75, 3.05) is 30.8 Å². The third kappa shape index (κ3) is 3.45. The number of anilines is 2. The van der Waals surface area contributed by atoms with Crippen LogP contribution in [0.3, 0.4) is 0 Å². The van der Waals surface area contributed by atoms with Gasteiger partial charge in [-0.3, -0.25) is 0 Å². The largest absolute Gasteiger partial charge is 0.464 e. The Morgan fingerprint density at radius 3 is 2.56 bits per heavy atom. The second-order valence-electron chi connectivity index (χ2n) is 4.48. The van der Waals surface area contributed by atoms with Gasteiger partial charge in [-0.2, -0.15) is 15.0 Å². The van der Waals surface area contributed by atoms with E-state index in [1.54, 1.807) is 7.05 Å². The van der Waals surface area contributed by atoms with E-state index in [0.717, 1.165) is 12.5 Å². The number of hydrogen-bond donors (Lipinski definition) is 2. The zero-order valence-electron chi connectivity index (χ0n) is 11.1. The molecular weight excluding hydrogens is 230 g/mol. The lowest BCUT2D eigenvalue weighted by Gasteiger charge is -2.11. The van der Waals surface area contributed by atoms with Gasteiger partial charge in [-0.05, 0) is 25.7 Å². The van der Waals surface area contributed by atoms with Crippen molar-refractivity contribution >= 4 is 11.9 Å². The molecule has 6 heteroatoms. The molecule has 1 heterocycles. The summed E-state index contributed by atoms with van der Waals surface area (Å²) in [5.41, 5.74) is 0. The highest BCUT2D eigenvalue weighted by Gasteiger charge is 2.15. The molecule has 6 nitrogen and oxygen atoms in total. The molecule has 0 spiro atoms. The maximum atomic E-state index is 5.32. The van der Waals surface area contributed by atoms with Crippen molar-refractivity contribution in [1.82, 2.24) is 15.0 Å². The third-order valence-electron chi connectivity index (χ3n) is 3.14. The van der Waals surface area contributed by atoms with Gasteiger partial charge in [-0.15, -0.1) is 0 Å². The highest BCUT2D eigenvalue weighted by Crippen LogP contribution is 2.24. The number of ether oxygens (including phenoxy) is 1. The lowest BCUT2D eigenvalue weighted by Crippen LogP contribution is -2.15. The van der Waals surface area contributed by atoms with Crippen LogP contribution in [0.1, 0.15) is 32.6 Å². The minimum atomic E-state index is 0.366. The Kier molecular flexibility index (Phi) is 4.55. The molecule has 100 valence electrons. The molecule has 0 unspecified atom stereocenters. The van der Waals surface area contributed by atoms with Gasteiger partial charge < -0.3 is 15.4 Å². The van der Waals surface area contributed by atoms with Crippen molar-refractivity contribution < 1.29 is 4.74 Å². The van der Waals surface area contributed by atoms with Crippen molar-refractivity contribution in [3.8, 4) is 6.01 Å². The van der Waals surface area contributed by atoms with Crippen molar-refractivity contribution in [1.29, 1.82) is 0 Å². The zero-order valence-corrected chi connectivity index (χ0v) is 11.1. The van der Waals surface area contributed by atoms with Gasteiger partial charge in [0, 0.05) is 13.6 Å². The van der Waals surface area contributed by atoms with Crippen LogP contribution in [0.4, 0.5) is 11.9 Å². The van der Waals surface area contributed by atoms with Crippen LogP contribution in [0.25, 0.3) is 0 Å². The van der Waals surface area contributed by atoms with E-state index in [0.29, 0.717) is 24.5 Å². The average molecular weight is 251 g/mol. The summed E-state index contributed by atoms with van der Waals surface area (Å²) in [6, 6.07) is 0.366. The fraction of sp³-hybridized carbons (Fsp3) is 0.750. The Bertz CT molecular complexity index is 379. The van der Waals surface area contributed by atoms with E-state index >= 15 is 0 Å². The Labute approximate surface area is 108 Å². The molecule has 2 N–H and O–H groups in total. The molecule has 0 aliphatic heterocycles. The predicted molar refractivity (Wildman–Crippen MR) is 71.0 cm³/mol. The Morgan fingerprint density at radius 2 is 1.89 bits per heavy atom. The van der Waals surface area contributed by atoms with E-state index in [2.05, 4.69) is 25.6 Å². The van der Waals surface area contributed by atoms with E-state index in [-0.39, 0.29) is 0 Å². The smallest absolute Gasteiger partial charge is 0.323 e. The molecule has 2 rings (SSSR count). The Balaban J connectivity index is 1.98. The Hall–Kier alpha value is -1.59. The molecule has 18 heavy (non-hydrogen) atoms. The molecule has 0 aromatic carbocycles. The summed E-state index contributed by atoms with van der Waals surface area (Å²) in [6.07, 6.45) is 5.29. The predicted octanol–water partition coefficient (Wildman–Crippen LogP) is 1.91. The van der Waals surface area contributed by atoms with E-state index in [4.69, 9.17) is 4.74 Å². The first-order valence-corrected chi connectivity index (χ1v) is 6.62. The van der Waals surface area contributed by atoms with Crippen LogP contribution in [-0.4, -0.2) is 35.2 Å². The van der Waals surface area contributed by atoms with Gasteiger partial charge in [-0.25, -0.2) is 0 Å². The van der Waals surface area contributed by atoms with Gasteiger partial charge in [0.2, 0.25) is 11.9 Å². The number of nitrogens with zero attached hydrogens (tertiary/aromatic N) is 3. The molecule has 1 aromatic rings. The van der Waals surface area contributed by atoms with Gasteiger partial charge in [0.1, 0.15) is 0 Å². The molecule has 1 fully saturated rings. The second kappa shape index (κ2) is 6.37. The first-order valence-electron chi connectivity index (χ1n) is 6.62. The van der Waals surface area contributed by atoms with Crippen LogP contribution >= 0.6 is 0 Å². The lowest BCUT2D eigenvalue weighted by atomic mass is 10.1. The normalized spacial score (nSPS) is 15.7. The molecule has 0 atom stereocenters. The summed E-state index contributed by atoms with van der Waals surface area (Å²) < 4.78 is 5.32. The molecule has 1 aliphatic rings. The monoisotopic (exact) mass is 251 g/mol. The molecule has 1 saturated carbocycles. The molecule has 0 amide bonds. The van der Waals surface area contributed by atoms with Gasteiger partial charge in [0.15, 0.2) is 0 Å². The quantitative estimate of drug-likeness (QED) is 0.804. The SMILES string of the molecule is CCOc1nc(NC)nc(NCC2CCCC2)n1. The van der Waals surface area contributed by atoms with Crippen molar-refractivity contribution in [2.45, 2.75) is 32.6 Å². The minimum Gasteiger partial charge on any atom is -0.464 e. The third-order valence-corrected chi connectivity index (χ3v) is 3.14. The summed E-state index contributed by atoms with van der Waals surface area (Å²) in [7, 11) is 1.78. The van der Waals surface area contributed by atoms with Crippen LogP contribution < -0.4 is 15.4 Å². The zero-order chi connectivity index (χ0) is 12.8. The highest BCUT2D eigenvalue weighted by molar-refractivity contribution is 5.35. The van der Waals surface area contributed by atoms with E-state index in [1.165, 1.54) is 25.7 Å². The number of hydrogen-bond acceptors (Lipinski definition) is 6. The first kappa shape index (κ1) is 12.9. The summed E-state index contributed by atoms with van der Waals surface area (Å²) in [5.74, 6) is 1.86. The lowest BCUT2D eigenvalue weighted by molar-refractivity contribution is 0.312. The van der Waals surface area contributed by atoms with E-state index < -0.39 is 0 Å². The van der Waals surface area contributed by atoms with Crippen LogP contribution in [0, 0.1) is 5.92 Å². The van der Waals surface area contributed by atoms with Crippen LogP contribution in [0.2, 0.25) is 0 Å². The topological polar surface area (TPSA) is 72.0 Å². The summed E-state index contributed by atoms with van der Waals surface area (Å²) in [5, 5.41) is 6.19. The maximum absolute atomic E-state index is 5.32. The molecule has 0 bridgehead atoms. The fourth-order valence-electron chi connectivity index (χ4n) is 2.19.